The van der Waals surface area contributed by atoms with E-state index in [0.717, 1.165) is 36.0 Å². The largest absolute Gasteiger partial charge is 0.369 e. The van der Waals surface area contributed by atoms with Gasteiger partial charge in [0, 0.05) is 30.4 Å². The molecule has 0 amide bonds. The van der Waals surface area contributed by atoms with Crippen molar-refractivity contribution in [2.24, 2.45) is 0 Å². The molecule has 0 radical (unpaired) electrons. The van der Waals surface area contributed by atoms with Crippen molar-refractivity contribution < 1.29 is 0 Å². The molecule has 0 aliphatic rings. The third-order valence-corrected chi connectivity index (χ3v) is 4.28. The van der Waals surface area contributed by atoms with Gasteiger partial charge in [0.25, 0.3) is 0 Å². The zero-order valence-corrected chi connectivity index (χ0v) is 16.5. The third kappa shape index (κ3) is 5.28. The maximum Gasteiger partial charge on any atom is 0.163 e. The van der Waals surface area contributed by atoms with Crippen molar-refractivity contribution in [3.63, 3.8) is 0 Å². The van der Waals surface area contributed by atoms with Gasteiger partial charge in [-0.25, -0.2) is 9.97 Å². The van der Waals surface area contributed by atoms with Crippen LogP contribution in [0.25, 0.3) is 11.4 Å². The summed E-state index contributed by atoms with van der Waals surface area (Å²) in [6, 6.07) is 18.4. The quantitative estimate of drug-likeness (QED) is 0.650. The number of nitrogens with zero attached hydrogens (tertiary/aromatic N) is 3. The Morgan fingerprint density at radius 1 is 0.889 bits per heavy atom. The predicted molar refractivity (Wildman–Crippen MR) is 114 cm³/mol. The minimum Gasteiger partial charge on any atom is -0.369 e. The van der Waals surface area contributed by atoms with Crippen LogP contribution in [-0.2, 0) is 0 Å². The first-order valence-corrected chi connectivity index (χ1v) is 9.18. The van der Waals surface area contributed by atoms with Crippen LogP contribution in [0, 0.1) is 13.8 Å². The zero-order valence-electron chi connectivity index (χ0n) is 16.5. The van der Waals surface area contributed by atoms with Crippen LogP contribution in [-0.4, -0.2) is 42.1 Å². The van der Waals surface area contributed by atoms with Gasteiger partial charge in [-0.3, -0.25) is 0 Å². The fourth-order valence-electron chi connectivity index (χ4n) is 2.73. The Balaban J connectivity index is 1.92. The highest BCUT2D eigenvalue weighted by Gasteiger charge is 2.08. The van der Waals surface area contributed by atoms with E-state index in [0.29, 0.717) is 5.82 Å². The molecule has 0 bridgehead atoms. The van der Waals surface area contributed by atoms with E-state index in [9.17, 15) is 0 Å². The van der Waals surface area contributed by atoms with Crippen LogP contribution in [0.3, 0.4) is 0 Å². The highest BCUT2D eigenvalue weighted by molar-refractivity contribution is 5.67. The van der Waals surface area contributed by atoms with Gasteiger partial charge in [0.15, 0.2) is 5.82 Å². The first kappa shape index (κ1) is 18.9. The first-order valence-electron chi connectivity index (χ1n) is 9.18. The van der Waals surface area contributed by atoms with Gasteiger partial charge in [-0.1, -0.05) is 42.5 Å². The number of hydrogen-bond donors (Lipinski definition) is 2. The van der Waals surface area contributed by atoms with Crippen molar-refractivity contribution in [1.82, 2.24) is 14.9 Å². The number of benzene rings is 2. The average molecular weight is 361 g/mol. The lowest BCUT2D eigenvalue weighted by atomic mass is 10.1. The number of aryl methyl sites for hydroxylation is 2. The fraction of sp³-hybridized carbons (Fsp3) is 0.273. The molecule has 3 aromatic rings. The lowest BCUT2D eigenvalue weighted by Gasteiger charge is -2.14. The maximum atomic E-state index is 4.74. The topological polar surface area (TPSA) is 53.1 Å². The Labute approximate surface area is 161 Å². The fourth-order valence-corrected chi connectivity index (χ4v) is 2.73. The van der Waals surface area contributed by atoms with Crippen molar-refractivity contribution in [1.29, 1.82) is 0 Å². The van der Waals surface area contributed by atoms with E-state index in [1.165, 1.54) is 11.1 Å². The van der Waals surface area contributed by atoms with E-state index < -0.39 is 0 Å². The van der Waals surface area contributed by atoms with Gasteiger partial charge in [0.2, 0.25) is 0 Å². The van der Waals surface area contributed by atoms with Gasteiger partial charge >= 0.3 is 0 Å². The molecular formula is C22H27N5. The number of aromatic nitrogens is 2. The second-order valence-electron chi connectivity index (χ2n) is 7.00. The van der Waals surface area contributed by atoms with E-state index >= 15 is 0 Å². The number of nitrogens with one attached hydrogen (secondary N) is 2. The Morgan fingerprint density at radius 2 is 1.63 bits per heavy atom. The van der Waals surface area contributed by atoms with E-state index in [1.54, 1.807) is 0 Å². The highest BCUT2D eigenvalue weighted by Crippen LogP contribution is 2.25. The summed E-state index contributed by atoms with van der Waals surface area (Å²) in [4.78, 5) is 11.6. The Bertz CT molecular complexity index is 890. The Morgan fingerprint density at radius 3 is 2.37 bits per heavy atom. The number of rotatable bonds is 7. The van der Waals surface area contributed by atoms with Crippen LogP contribution < -0.4 is 10.6 Å². The van der Waals surface area contributed by atoms with Crippen LogP contribution in [0.15, 0.2) is 54.6 Å². The highest BCUT2D eigenvalue weighted by atomic mass is 15.1. The molecule has 0 aliphatic carbocycles. The molecule has 1 heterocycles. The number of hydrogen-bond acceptors (Lipinski definition) is 5. The van der Waals surface area contributed by atoms with Crippen molar-refractivity contribution >= 4 is 17.3 Å². The van der Waals surface area contributed by atoms with Gasteiger partial charge in [-0.05, 0) is 45.1 Å². The molecule has 0 spiro atoms. The second kappa shape index (κ2) is 8.64. The van der Waals surface area contributed by atoms with Gasteiger partial charge in [0.1, 0.15) is 11.6 Å². The molecule has 0 atom stereocenters. The molecule has 140 valence electrons. The van der Waals surface area contributed by atoms with Gasteiger partial charge in [-0.2, -0.15) is 0 Å². The molecule has 0 aliphatic heterocycles. The Hall–Kier alpha value is -2.92. The molecule has 0 saturated heterocycles. The summed E-state index contributed by atoms with van der Waals surface area (Å²) >= 11 is 0. The molecule has 27 heavy (non-hydrogen) atoms. The smallest absolute Gasteiger partial charge is 0.163 e. The van der Waals surface area contributed by atoms with E-state index in [-0.39, 0.29) is 0 Å². The standard InChI is InChI=1S/C22H27N5/c1-16-10-11-17(2)19(14-16)24-21-15-20(23-12-13-27(3)4)25-22(26-21)18-8-6-5-7-9-18/h5-11,14-15H,12-13H2,1-4H3,(H2,23,24,25,26). The molecule has 2 aromatic carbocycles. The third-order valence-electron chi connectivity index (χ3n) is 4.28. The van der Waals surface area contributed by atoms with Crippen molar-refractivity contribution in [2.75, 3.05) is 37.8 Å². The first-order chi connectivity index (χ1) is 13.0. The molecule has 5 nitrogen and oxygen atoms in total. The minimum atomic E-state index is 0.707. The van der Waals surface area contributed by atoms with Crippen LogP contribution in [0.2, 0.25) is 0 Å². The second-order valence-corrected chi connectivity index (χ2v) is 7.00. The normalized spacial score (nSPS) is 10.9. The summed E-state index contributed by atoms with van der Waals surface area (Å²) in [5.74, 6) is 2.31. The van der Waals surface area contributed by atoms with Gasteiger partial charge < -0.3 is 15.5 Å². The average Bonchev–Trinajstić information content (AvgIpc) is 2.65. The van der Waals surface area contributed by atoms with Crippen molar-refractivity contribution in [3.8, 4) is 11.4 Å². The van der Waals surface area contributed by atoms with Crippen LogP contribution in [0.1, 0.15) is 11.1 Å². The lowest BCUT2D eigenvalue weighted by molar-refractivity contribution is 0.425. The summed E-state index contributed by atoms with van der Waals surface area (Å²) in [6.07, 6.45) is 0. The van der Waals surface area contributed by atoms with Gasteiger partial charge in [-0.15, -0.1) is 0 Å². The molecule has 0 saturated carbocycles. The lowest BCUT2D eigenvalue weighted by Crippen LogP contribution is -2.21. The monoisotopic (exact) mass is 361 g/mol. The molecule has 1 aromatic heterocycles. The SMILES string of the molecule is Cc1ccc(C)c(Nc2cc(NCCN(C)C)nc(-c3ccccc3)n2)c1. The van der Waals surface area contributed by atoms with E-state index in [4.69, 9.17) is 9.97 Å². The number of likely N-dealkylation sites (N-methyl/N-ethyl adjacent to an activating group) is 1. The summed E-state index contributed by atoms with van der Waals surface area (Å²) in [7, 11) is 4.12. The van der Waals surface area contributed by atoms with Gasteiger partial charge in [0.05, 0.1) is 0 Å². The summed E-state index contributed by atoms with van der Waals surface area (Å²) in [6.45, 7) is 5.94. The molecule has 0 unspecified atom stereocenters. The molecule has 0 fully saturated rings. The minimum absolute atomic E-state index is 0.707. The summed E-state index contributed by atoms with van der Waals surface area (Å²) in [5.41, 5.74) is 4.46. The zero-order chi connectivity index (χ0) is 19.2. The summed E-state index contributed by atoms with van der Waals surface area (Å²) in [5, 5.41) is 6.87. The van der Waals surface area contributed by atoms with Crippen molar-refractivity contribution in [2.45, 2.75) is 13.8 Å². The molecule has 5 heteroatoms. The number of anilines is 3. The summed E-state index contributed by atoms with van der Waals surface area (Å²) < 4.78 is 0. The molecule has 2 N–H and O–H groups in total. The van der Waals surface area contributed by atoms with E-state index in [2.05, 4.69) is 61.7 Å². The predicted octanol–water partition coefficient (Wildman–Crippen LogP) is 4.48. The van der Waals surface area contributed by atoms with Crippen LogP contribution >= 0.6 is 0 Å². The maximum absolute atomic E-state index is 4.74. The van der Waals surface area contributed by atoms with E-state index in [1.807, 2.05) is 36.4 Å². The van der Waals surface area contributed by atoms with Crippen molar-refractivity contribution in [3.05, 3.63) is 65.7 Å². The van der Waals surface area contributed by atoms with Crippen LogP contribution in [0.5, 0.6) is 0 Å². The molecule has 3 rings (SSSR count). The van der Waals surface area contributed by atoms with Crippen LogP contribution in [0.4, 0.5) is 17.3 Å². The Kier molecular flexibility index (Phi) is 6.04. The molecular weight excluding hydrogens is 334 g/mol.